The minimum Gasteiger partial charge on any atom is -0.411 e. The molecule has 1 aromatic heterocycles. The summed E-state index contributed by atoms with van der Waals surface area (Å²) in [6, 6.07) is 12.8. The second kappa shape index (κ2) is 8.58. The van der Waals surface area contributed by atoms with Gasteiger partial charge in [-0.15, -0.1) is 10.2 Å². The molecule has 0 atom stereocenters. The quantitative estimate of drug-likeness (QED) is 0.558. The Labute approximate surface area is 165 Å². The van der Waals surface area contributed by atoms with Crippen molar-refractivity contribution in [2.24, 2.45) is 0 Å². The molecule has 1 heterocycles. The maximum atomic E-state index is 12.1. The Balaban J connectivity index is 1.60. The highest BCUT2D eigenvalue weighted by molar-refractivity contribution is 7.99. The number of nitrogens with zero attached hydrogens (tertiary/aromatic N) is 2. The molecule has 5 nitrogen and oxygen atoms in total. The molecule has 2 aromatic carbocycles. The van der Waals surface area contributed by atoms with E-state index in [9.17, 15) is 4.79 Å². The second-order valence-corrected chi connectivity index (χ2v) is 7.16. The van der Waals surface area contributed by atoms with Crippen molar-refractivity contribution in [1.82, 2.24) is 10.2 Å². The number of hydrogen-bond acceptors (Lipinski definition) is 5. The number of carbonyl (C=O) groups is 1. The van der Waals surface area contributed by atoms with E-state index in [0.29, 0.717) is 20.8 Å². The summed E-state index contributed by atoms with van der Waals surface area (Å²) < 4.78 is 5.56. The number of anilines is 1. The summed E-state index contributed by atoms with van der Waals surface area (Å²) in [5, 5.41) is 12.0. The van der Waals surface area contributed by atoms with E-state index in [1.54, 1.807) is 18.2 Å². The third-order valence-corrected chi connectivity index (χ3v) is 4.88. The first kappa shape index (κ1) is 18.8. The normalized spacial score (nSPS) is 10.7. The number of amides is 1. The van der Waals surface area contributed by atoms with Crippen LogP contribution in [0.1, 0.15) is 12.5 Å². The lowest BCUT2D eigenvalue weighted by molar-refractivity contribution is -0.113. The van der Waals surface area contributed by atoms with Gasteiger partial charge in [-0.1, -0.05) is 54.0 Å². The Morgan fingerprint density at radius 1 is 1.19 bits per heavy atom. The van der Waals surface area contributed by atoms with E-state index in [4.69, 9.17) is 27.6 Å². The van der Waals surface area contributed by atoms with Crippen LogP contribution in [-0.2, 0) is 11.2 Å². The fourth-order valence-electron chi connectivity index (χ4n) is 2.23. The Hall–Kier alpha value is -2.02. The zero-order chi connectivity index (χ0) is 18.5. The maximum Gasteiger partial charge on any atom is 0.277 e. The molecule has 1 N–H and O–H groups in total. The Morgan fingerprint density at radius 2 is 2.04 bits per heavy atom. The van der Waals surface area contributed by atoms with Gasteiger partial charge in [-0.25, -0.2) is 0 Å². The fraction of sp³-hybridized carbons (Fsp3) is 0.167. The van der Waals surface area contributed by atoms with Crippen LogP contribution in [0.4, 0.5) is 5.69 Å². The highest BCUT2D eigenvalue weighted by Crippen LogP contribution is 2.31. The van der Waals surface area contributed by atoms with Crippen LogP contribution < -0.4 is 5.32 Å². The molecule has 0 aliphatic rings. The van der Waals surface area contributed by atoms with E-state index in [1.807, 2.05) is 24.3 Å². The molecule has 0 aliphatic carbocycles. The SMILES string of the molecule is CCc1cccc(NC(=O)CSc2nnc(-c3ccc(Cl)cc3Cl)o2)c1. The number of rotatable bonds is 6. The predicted octanol–water partition coefficient (Wildman–Crippen LogP) is 5.34. The van der Waals surface area contributed by atoms with Crippen LogP contribution in [-0.4, -0.2) is 21.9 Å². The van der Waals surface area contributed by atoms with Crippen molar-refractivity contribution in [3.8, 4) is 11.5 Å². The van der Waals surface area contributed by atoms with Crippen molar-refractivity contribution in [3.63, 3.8) is 0 Å². The summed E-state index contributed by atoms with van der Waals surface area (Å²) in [5.41, 5.74) is 2.53. The Kier molecular flexibility index (Phi) is 6.19. The molecule has 3 aromatic rings. The third-order valence-electron chi connectivity index (χ3n) is 3.51. The van der Waals surface area contributed by atoms with Gasteiger partial charge in [0.25, 0.3) is 5.22 Å². The standard InChI is InChI=1S/C18H15Cl2N3O2S/c1-2-11-4-3-5-13(8-11)21-16(24)10-26-18-23-22-17(25-18)14-7-6-12(19)9-15(14)20/h3-9H,2,10H2,1H3,(H,21,24). The van der Waals surface area contributed by atoms with Crippen LogP contribution in [0.25, 0.3) is 11.5 Å². The number of halogens is 2. The van der Waals surface area contributed by atoms with Gasteiger partial charge in [-0.3, -0.25) is 4.79 Å². The van der Waals surface area contributed by atoms with Crippen LogP contribution in [0, 0.1) is 0 Å². The topological polar surface area (TPSA) is 68.0 Å². The molecule has 26 heavy (non-hydrogen) atoms. The van der Waals surface area contributed by atoms with Crippen molar-refractivity contribution in [1.29, 1.82) is 0 Å². The van der Waals surface area contributed by atoms with Gasteiger partial charge < -0.3 is 9.73 Å². The first-order chi connectivity index (χ1) is 12.5. The van der Waals surface area contributed by atoms with E-state index in [-0.39, 0.29) is 17.6 Å². The van der Waals surface area contributed by atoms with E-state index < -0.39 is 0 Å². The van der Waals surface area contributed by atoms with Crippen LogP contribution in [0.3, 0.4) is 0 Å². The second-order valence-electron chi connectivity index (χ2n) is 5.39. The van der Waals surface area contributed by atoms with Crippen LogP contribution in [0.15, 0.2) is 52.1 Å². The van der Waals surface area contributed by atoms with Gasteiger partial charge in [0.1, 0.15) is 0 Å². The van der Waals surface area contributed by atoms with Gasteiger partial charge in [0, 0.05) is 10.7 Å². The number of aromatic nitrogens is 2. The maximum absolute atomic E-state index is 12.1. The number of thioether (sulfide) groups is 1. The first-order valence-electron chi connectivity index (χ1n) is 7.85. The lowest BCUT2D eigenvalue weighted by atomic mass is 10.1. The van der Waals surface area contributed by atoms with Gasteiger partial charge >= 0.3 is 0 Å². The predicted molar refractivity (Wildman–Crippen MR) is 105 cm³/mol. The summed E-state index contributed by atoms with van der Waals surface area (Å²) in [6.07, 6.45) is 0.913. The van der Waals surface area contributed by atoms with Crippen molar-refractivity contribution >= 4 is 46.6 Å². The summed E-state index contributed by atoms with van der Waals surface area (Å²) in [7, 11) is 0. The molecule has 134 valence electrons. The molecular formula is C18H15Cl2N3O2S. The first-order valence-corrected chi connectivity index (χ1v) is 9.60. The van der Waals surface area contributed by atoms with Crippen LogP contribution in [0.5, 0.6) is 0 Å². The molecule has 8 heteroatoms. The summed E-state index contributed by atoms with van der Waals surface area (Å²) in [4.78, 5) is 12.1. The zero-order valence-electron chi connectivity index (χ0n) is 13.8. The monoisotopic (exact) mass is 407 g/mol. The van der Waals surface area contributed by atoms with Gasteiger partial charge in [-0.05, 0) is 42.3 Å². The van der Waals surface area contributed by atoms with E-state index >= 15 is 0 Å². The Bertz CT molecular complexity index is 930. The van der Waals surface area contributed by atoms with Crippen molar-refractivity contribution in [2.75, 3.05) is 11.1 Å². The summed E-state index contributed by atoms with van der Waals surface area (Å²) in [6.45, 7) is 2.07. The van der Waals surface area contributed by atoms with E-state index in [2.05, 4.69) is 22.4 Å². The highest BCUT2D eigenvalue weighted by Gasteiger charge is 2.14. The van der Waals surface area contributed by atoms with E-state index in [0.717, 1.165) is 29.4 Å². The smallest absolute Gasteiger partial charge is 0.277 e. The lowest BCUT2D eigenvalue weighted by Gasteiger charge is -2.05. The lowest BCUT2D eigenvalue weighted by Crippen LogP contribution is -2.14. The highest BCUT2D eigenvalue weighted by atomic mass is 35.5. The van der Waals surface area contributed by atoms with Gasteiger partial charge in [0.05, 0.1) is 16.3 Å². The minimum absolute atomic E-state index is 0.146. The van der Waals surface area contributed by atoms with Crippen LogP contribution >= 0.6 is 35.0 Å². The van der Waals surface area contributed by atoms with Crippen molar-refractivity contribution in [3.05, 3.63) is 58.1 Å². The summed E-state index contributed by atoms with van der Waals surface area (Å²) >= 11 is 13.2. The number of aryl methyl sites for hydroxylation is 1. The molecule has 0 spiro atoms. The fourth-order valence-corrected chi connectivity index (χ4v) is 3.29. The van der Waals surface area contributed by atoms with E-state index in [1.165, 1.54) is 0 Å². The molecule has 0 bridgehead atoms. The molecule has 0 aliphatic heterocycles. The van der Waals surface area contributed by atoms with Gasteiger partial charge in [0.15, 0.2) is 0 Å². The zero-order valence-corrected chi connectivity index (χ0v) is 16.2. The van der Waals surface area contributed by atoms with Gasteiger partial charge in [0.2, 0.25) is 11.8 Å². The van der Waals surface area contributed by atoms with Crippen molar-refractivity contribution in [2.45, 2.75) is 18.6 Å². The van der Waals surface area contributed by atoms with Gasteiger partial charge in [-0.2, -0.15) is 0 Å². The average Bonchev–Trinajstić information content (AvgIpc) is 3.09. The number of hydrogen-bond donors (Lipinski definition) is 1. The molecule has 0 saturated heterocycles. The minimum atomic E-state index is -0.146. The Morgan fingerprint density at radius 3 is 2.81 bits per heavy atom. The average molecular weight is 408 g/mol. The van der Waals surface area contributed by atoms with Crippen molar-refractivity contribution < 1.29 is 9.21 Å². The summed E-state index contributed by atoms with van der Waals surface area (Å²) in [5.74, 6) is 0.296. The number of benzene rings is 2. The molecular weight excluding hydrogens is 393 g/mol. The third kappa shape index (κ3) is 4.78. The number of nitrogens with one attached hydrogen (secondary N) is 1. The molecule has 0 saturated carbocycles. The molecule has 0 unspecified atom stereocenters. The molecule has 0 fully saturated rings. The molecule has 0 radical (unpaired) electrons. The van der Waals surface area contributed by atoms with Crippen LogP contribution in [0.2, 0.25) is 10.0 Å². The molecule has 1 amide bonds. The molecule has 3 rings (SSSR count). The largest absolute Gasteiger partial charge is 0.411 e. The number of carbonyl (C=O) groups excluding carboxylic acids is 1.